The summed E-state index contributed by atoms with van der Waals surface area (Å²) >= 11 is 1.02. The quantitative estimate of drug-likeness (QED) is 0.516. The van der Waals surface area contributed by atoms with Crippen LogP contribution in [0.2, 0.25) is 0 Å². The second-order valence-electron chi connectivity index (χ2n) is 5.86. The first-order valence-corrected chi connectivity index (χ1v) is 10.8. The van der Waals surface area contributed by atoms with E-state index in [-0.39, 0.29) is 29.4 Å². The van der Waals surface area contributed by atoms with E-state index in [9.17, 15) is 21.6 Å². The molecule has 0 unspecified atom stereocenters. The van der Waals surface area contributed by atoms with Crippen LogP contribution in [0.1, 0.15) is 42.9 Å². The van der Waals surface area contributed by atoms with Crippen molar-refractivity contribution in [3.63, 3.8) is 0 Å². The van der Waals surface area contributed by atoms with Gasteiger partial charge in [0, 0.05) is 11.8 Å². The van der Waals surface area contributed by atoms with Gasteiger partial charge in [-0.15, -0.1) is 21.5 Å². The lowest BCUT2D eigenvalue weighted by molar-refractivity contribution is 0.116. The molecule has 1 atom stereocenters. The number of halogens is 3. The monoisotopic (exact) mass is 447 g/mol. The van der Waals surface area contributed by atoms with Crippen molar-refractivity contribution < 1.29 is 26.0 Å². The first kappa shape index (κ1) is 21.2. The zero-order chi connectivity index (χ0) is 21.2. The third-order valence-electron chi connectivity index (χ3n) is 3.86. The molecule has 0 aliphatic heterocycles. The van der Waals surface area contributed by atoms with Gasteiger partial charge in [-0.2, -0.15) is 8.78 Å². The number of sulfonamides is 1. The average Bonchev–Trinajstić information content (AvgIpc) is 3.35. The van der Waals surface area contributed by atoms with Gasteiger partial charge in [-0.05, 0) is 19.9 Å². The van der Waals surface area contributed by atoms with Crippen LogP contribution in [0.25, 0.3) is 10.8 Å². The molecule has 3 rings (SSSR count). The zero-order valence-corrected chi connectivity index (χ0v) is 16.9. The summed E-state index contributed by atoms with van der Waals surface area (Å²) in [4.78, 5) is 8.36. The fourth-order valence-electron chi connectivity index (χ4n) is 2.33. The fourth-order valence-corrected chi connectivity index (χ4v) is 4.29. The highest BCUT2D eigenvalue weighted by Gasteiger charge is 2.25. The summed E-state index contributed by atoms with van der Waals surface area (Å²) in [5.41, 5.74) is 0.437. The molecule has 0 aromatic carbocycles. The number of nitrogens with zero attached hydrogens (tertiary/aromatic N) is 5. The fraction of sp³-hybridized carbons (Fsp3) is 0.375. The van der Waals surface area contributed by atoms with E-state index in [4.69, 9.17) is 4.42 Å². The minimum Gasteiger partial charge on any atom is -0.414 e. The molecule has 0 amide bonds. The Morgan fingerprint density at radius 3 is 2.59 bits per heavy atom. The van der Waals surface area contributed by atoms with Crippen LogP contribution in [-0.2, 0) is 16.6 Å². The Morgan fingerprint density at radius 1 is 1.21 bits per heavy atom. The normalized spacial score (nSPS) is 13.0. The van der Waals surface area contributed by atoms with Gasteiger partial charge in [0.25, 0.3) is 11.8 Å². The van der Waals surface area contributed by atoms with Gasteiger partial charge in [-0.25, -0.2) is 17.8 Å². The van der Waals surface area contributed by atoms with Crippen LogP contribution < -0.4 is 4.31 Å². The molecule has 0 aliphatic carbocycles. The molecule has 3 aromatic rings. The highest BCUT2D eigenvalue weighted by molar-refractivity contribution is 7.92. The number of thiazole rings is 1. The van der Waals surface area contributed by atoms with Crippen LogP contribution in [0.4, 0.5) is 18.9 Å². The van der Waals surface area contributed by atoms with Crippen molar-refractivity contribution in [2.45, 2.75) is 33.0 Å². The third-order valence-corrected chi connectivity index (χ3v) is 6.57. The highest BCUT2D eigenvalue weighted by atomic mass is 32.2. The van der Waals surface area contributed by atoms with Crippen molar-refractivity contribution in [2.24, 2.45) is 0 Å². The molecule has 0 aliphatic rings. The Bertz CT molecular complexity index is 1080. The number of hydrogen-bond donors (Lipinski definition) is 0. The smallest absolute Gasteiger partial charge is 0.314 e. The molecule has 0 fully saturated rings. The van der Waals surface area contributed by atoms with Crippen molar-refractivity contribution in [3.8, 4) is 10.8 Å². The summed E-state index contributed by atoms with van der Waals surface area (Å²) in [5, 5.41) is 7.15. The second-order valence-corrected chi connectivity index (χ2v) is 9.16. The Kier molecular flexibility index (Phi) is 6.17. The Morgan fingerprint density at radius 2 is 1.97 bits per heavy atom. The molecule has 3 heterocycles. The van der Waals surface area contributed by atoms with Gasteiger partial charge in [-0.3, -0.25) is 9.29 Å². The second kappa shape index (κ2) is 8.45. The molecule has 13 heteroatoms. The van der Waals surface area contributed by atoms with Gasteiger partial charge in [0.05, 0.1) is 30.4 Å². The lowest BCUT2D eigenvalue weighted by Gasteiger charge is -2.23. The highest BCUT2D eigenvalue weighted by Crippen LogP contribution is 2.30. The number of anilines is 1. The van der Waals surface area contributed by atoms with E-state index < -0.39 is 28.5 Å². The lowest BCUT2D eigenvalue weighted by atomic mass is 10.2. The maximum atomic E-state index is 13.6. The molecular weight excluding hydrogens is 431 g/mol. The van der Waals surface area contributed by atoms with Crippen molar-refractivity contribution in [2.75, 3.05) is 10.1 Å². The molecule has 0 saturated heterocycles. The van der Waals surface area contributed by atoms with Crippen LogP contribution >= 0.6 is 11.3 Å². The predicted octanol–water partition coefficient (Wildman–Crippen LogP) is 3.91. The van der Waals surface area contributed by atoms with E-state index in [0.717, 1.165) is 15.6 Å². The number of alkyl halides is 3. The first-order valence-electron chi connectivity index (χ1n) is 8.37. The lowest BCUT2D eigenvalue weighted by Crippen LogP contribution is -2.32. The number of rotatable bonds is 8. The van der Waals surface area contributed by atoms with Crippen LogP contribution in [0.5, 0.6) is 0 Å². The molecule has 0 N–H and O–H groups in total. The summed E-state index contributed by atoms with van der Waals surface area (Å²) < 4.78 is 70.0. The van der Waals surface area contributed by atoms with Crippen LogP contribution in [-0.4, -0.2) is 34.3 Å². The Balaban J connectivity index is 1.91. The molecule has 3 aromatic heterocycles. The summed E-state index contributed by atoms with van der Waals surface area (Å²) in [6, 6.07) is 1.41. The third kappa shape index (κ3) is 4.72. The molecule has 0 spiro atoms. The summed E-state index contributed by atoms with van der Waals surface area (Å²) in [5.74, 6) is -1.14. The molecule has 8 nitrogen and oxygen atoms in total. The van der Waals surface area contributed by atoms with Crippen molar-refractivity contribution >= 4 is 27.0 Å². The minimum absolute atomic E-state index is 0.135. The predicted molar refractivity (Wildman–Crippen MR) is 99.8 cm³/mol. The first-order chi connectivity index (χ1) is 13.7. The number of pyridine rings is 1. The summed E-state index contributed by atoms with van der Waals surface area (Å²) in [6.45, 7) is 2.65. The topological polar surface area (TPSA) is 102 Å². The average molecular weight is 447 g/mol. The summed E-state index contributed by atoms with van der Waals surface area (Å²) in [6.07, 6.45) is -0.242. The number of hydrogen-bond acceptors (Lipinski definition) is 8. The van der Waals surface area contributed by atoms with Gasteiger partial charge < -0.3 is 4.42 Å². The van der Waals surface area contributed by atoms with Gasteiger partial charge in [0.2, 0.25) is 10.0 Å². The van der Waals surface area contributed by atoms with Crippen LogP contribution in [0.15, 0.2) is 29.1 Å². The van der Waals surface area contributed by atoms with E-state index in [0.29, 0.717) is 9.88 Å². The zero-order valence-electron chi connectivity index (χ0n) is 15.3. The SMILES string of the molecule is CCS(=O)(=O)N(Cc1ncc(-c2nnc(C(F)F)o2)s1)c1cncc([C@H](C)F)c1. The van der Waals surface area contributed by atoms with E-state index in [1.807, 2.05) is 0 Å². The van der Waals surface area contributed by atoms with Crippen LogP contribution in [0.3, 0.4) is 0 Å². The van der Waals surface area contributed by atoms with Gasteiger partial charge in [-0.1, -0.05) is 0 Å². The molecule has 0 saturated carbocycles. The largest absolute Gasteiger partial charge is 0.414 e. The standard InChI is InChI=1S/C16H16F3N5O3S2/c1-3-29(25,26)24(11-4-10(9(2)17)5-20-6-11)8-13-21-7-12(28-13)15-22-23-16(27-15)14(18)19/h4-7,9,14H,3,8H2,1-2H3/t9-/m0/s1. The van der Waals surface area contributed by atoms with Crippen molar-refractivity contribution in [3.05, 3.63) is 41.1 Å². The van der Waals surface area contributed by atoms with E-state index in [2.05, 4.69) is 20.2 Å². The number of aromatic nitrogens is 4. The van der Waals surface area contributed by atoms with Crippen molar-refractivity contribution in [1.29, 1.82) is 0 Å². The molecule has 156 valence electrons. The van der Waals surface area contributed by atoms with Gasteiger partial charge in [0.15, 0.2) is 0 Å². The van der Waals surface area contributed by atoms with E-state index >= 15 is 0 Å². The maximum Gasteiger partial charge on any atom is 0.314 e. The Hall–Kier alpha value is -2.54. The minimum atomic E-state index is -3.73. The maximum absolute atomic E-state index is 13.6. The van der Waals surface area contributed by atoms with Gasteiger partial charge >= 0.3 is 6.43 Å². The van der Waals surface area contributed by atoms with Crippen molar-refractivity contribution in [1.82, 2.24) is 20.2 Å². The summed E-state index contributed by atoms with van der Waals surface area (Å²) in [7, 11) is -3.73. The molecular formula is C16H16F3N5O3S2. The van der Waals surface area contributed by atoms with E-state index in [1.165, 1.54) is 38.5 Å². The van der Waals surface area contributed by atoms with Crippen LogP contribution in [0, 0.1) is 0 Å². The molecule has 0 radical (unpaired) electrons. The van der Waals surface area contributed by atoms with E-state index in [1.54, 1.807) is 0 Å². The molecule has 0 bridgehead atoms. The molecule has 29 heavy (non-hydrogen) atoms. The Labute approximate surface area is 168 Å². The van der Waals surface area contributed by atoms with Gasteiger partial charge in [0.1, 0.15) is 16.1 Å².